The van der Waals surface area contributed by atoms with Crippen LogP contribution in [0.5, 0.6) is 0 Å². The fraction of sp³-hybridized carbons (Fsp3) is 0.857. The van der Waals surface area contributed by atoms with Gasteiger partial charge in [-0.05, 0) is 6.42 Å². The quantitative estimate of drug-likeness (QED) is 0.542. The third-order valence-electron chi connectivity index (χ3n) is 1.85. The standard InChI is InChI=1S/C7H11F2NO/c8-7(9)10-4-1-2-6(11)3-5-10/h7H,1-5H2. The van der Waals surface area contributed by atoms with Gasteiger partial charge < -0.3 is 0 Å². The molecule has 1 fully saturated rings. The molecular weight excluding hydrogens is 152 g/mol. The first-order chi connectivity index (χ1) is 5.20. The zero-order valence-corrected chi connectivity index (χ0v) is 6.22. The van der Waals surface area contributed by atoms with Crippen LogP contribution < -0.4 is 0 Å². The fourth-order valence-electron chi connectivity index (χ4n) is 1.18. The van der Waals surface area contributed by atoms with E-state index < -0.39 is 6.55 Å². The van der Waals surface area contributed by atoms with Crippen LogP contribution in [0, 0.1) is 0 Å². The van der Waals surface area contributed by atoms with Crippen LogP contribution in [0.15, 0.2) is 0 Å². The van der Waals surface area contributed by atoms with E-state index >= 15 is 0 Å². The van der Waals surface area contributed by atoms with Gasteiger partial charge in [-0.2, -0.15) is 8.78 Å². The minimum atomic E-state index is -2.40. The first-order valence-corrected chi connectivity index (χ1v) is 3.74. The Labute approximate surface area is 64.2 Å². The normalized spacial score (nSPS) is 22.3. The van der Waals surface area contributed by atoms with Crippen LogP contribution in [0.4, 0.5) is 8.78 Å². The highest BCUT2D eigenvalue weighted by atomic mass is 19.3. The Morgan fingerprint density at radius 2 is 2.00 bits per heavy atom. The zero-order valence-electron chi connectivity index (χ0n) is 6.22. The third-order valence-corrected chi connectivity index (χ3v) is 1.85. The van der Waals surface area contributed by atoms with Crippen LogP contribution in [0.1, 0.15) is 19.3 Å². The van der Waals surface area contributed by atoms with E-state index in [2.05, 4.69) is 0 Å². The van der Waals surface area contributed by atoms with Crippen molar-refractivity contribution in [3.63, 3.8) is 0 Å². The number of likely N-dealkylation sites (tertiary alicyclic amines) is 1. The molecule has 1 aliphatic rings. The molecule has 1 heterocycles. The van der Waals surface area contributed by atoms with Crippen molar-refractivity contribution in [1.29, 1.82) is 0 Å². The van der Waals surface area contributed by atoms with Gasteiger partial charge in [0.15, 0.2) is 0 Å². The number of rotatable bonds is 1. The highest BCUT2D eigenvalue weighted by Crippen LogP contribution is 2.11. The molecule has 0 aromatic heterocycles. The lowest BCUT2D eigenvalue weighted by molar-refractivity contribution is -0.119. The lowest BCUT2D eigenvalue weighted by atomic mass is 10.2. The van der Waals surface area contributed by atoms with Gasteiger partial charge in [0.25, 0.3) is 6.55 Å². The molecule has 0 atom stereocenters. The van der Waals surface area contributed by atoms with E-state index in [9.17, 15) is 13.6 Å². The van der Waals surface area contributed by atoms with Crippen LogP contribution in [0.2, 0.25) is 0 Å². The molecule has 1 rings (SSSR count). The fourth-order valence-corrected chi connectivity index (χ4v) is 1.18. The maximum Gasteiger partial charge on any atom is 0.294 e. The molecule has 0 amide bonds. The molecule has 4 heteroatoms. The van der Waals surface area contributed by atoms with Gasteiger partial charge in [-0.15, -0.1) is 0 Å². The molecule has 0 unspecified atom stereocenters. The summed E-state index contributed by atoms with van der Waals surface area (Å²) in [6.07, 6.45) is 1.32. The second kappa shape index (κ2) is 3.76. The van der Waals surface area contributed by atoms with Crippen LogP contribution in [-0.2, 0) is 4.79 Å². The van der Waals surface area contributed by atoms with Crippen molar-refractivity contribution in [2.24, 2.45) is 0 Å². The summed E-state index contributed by atoms with van der Waals surface area (Å²) in [4.78, 5) is 11.8. The van der Waals surface area contributed by atoms with E-state index in [1.54, 1.807) is 0 Å². The van der Waals surface area contributed by atoms with Gasteiger partial charge in [0, 0.05) is 25.9 Å². The van der Waals surface area contributed by atoms with Crippen LogP contribution >= 0.6 is 0 Å². The summed E-state index contributed by atoms with van der Waals surface area (Å²) in [5, 5.41) is 0. The summed E-state index contributed by atoms with van der Waals surface area (Å²) in [6.45, 7) is -1.83. The van der Waals surface area contributed by atoms with E-state index in [4.69, 9.17) is 0 Å². The number of halogens is 2. The van der Waals surface area contributed by atoms with Gasteiger partial charge in [-0.1, -0.05) is 0 Å². The van der Waals surface area contributed by atoms with Crippen molar-refractivity contribution in [3.8, 4) is 0 Å². The molecule has 64 valence electrons. The summed E-state index contributed by atoms with van der Waals surface area (Å²) < 4.78 is 24.1. The van der Waals surface area contributed by atoms with Crippen molar-refractivity contribution < 1.29 is 13.6 Å². The van der Waals surface area contributed by atoms with Crippen LogP contribution in [0.25, 0.3) is 0 Å². The predicted molar refractivity (Wildman–Crippen MR) is 36.4 cm³/mol. The number of hydrogen-bond acceptors (Lipinski definition) is 2. The largest absolute Gasteiger partial charge is 0.300 e. The van der Waals surface area contributed by atoms with Gasteiger partial charge >= 0.3 is 0 Å². The highest BCUT2D eigenvalue weighted by molar-refractivity contribution is 5.78. The van der Waals surface area contributed by atoms with Gasteiger partial charge in [0.1, 0.15) is 5.78 Å². The molecular formula is C7H11F2NO. The summed E-state index contributed by atoms with van der Waals surface area (Å²) >= 11 is 0. The first kappa shape index (κ1) is 8.59. The Balaban J connectivity index is 2.40. The van der Waals surface area contributed by atoms with Crippen LogP contribution in [-0.4, -0.2) is 30.3 Å². The topological polar surface area (TPSA) is 20.3 Å². The number of Topliss-reactive ketones (excluding diaryl/α,β-unsaturated/α-hetero) is 1. The van der Waals surface area contributed by atoms with Crippen molar-refractivity contribution in [2.75, 3.05) is 13.1 Å². The van der Waals surface area contributed by atoms with Crippen molar-refractivity contribution >= 4 is 5.78 Å². The minimum absolute atomic E-state index is 0.105. The van der Waals surface area contributed by atoms with Gasteiger partial charge in [0.2, 0.25) is 0 Å². The molecule has 0 spiro atoms. The average Bonchev–Trinajstić information content (AvgIpc) is 2.13. The summed E-state index contributed by atoms with van der Waals surface area (Å²) in [5.41, 5.74) is 0. The lowest BCUT2D eigenvalue weighted by Gasteiger charge is -2.16. The molecule has 0 aliphatic carbocycles. The van der Waals surface area contributed by atoms with E-state index in [-0.39, 0.29) is 18.7 Å². The smallest absolute Gasteiger partial charge is 0.294 e. The monoisotopic (exact) mass is 163 g/mol. The van der Waals surface area contributed by atoms with Crippen LogP contribution in [0.3, 0.4) is 0 Å². The third kappa shape index (κ3) is 2.54. The van der Waals surface area contributed by atoms with E-state index in [1.165, 1.54) is 0 Å². The molecule has 0 aromatic carbocycles. The maximum absolute atomic E-state index is 12.0. The average molecular weight is 163 g/mol. The predicted octanol–water partition coefficient (Wildman–Crippen LogP) is 1.26. The summed E-state index contributed by atoms with van der Waals surface area (Å²) in [7, 11) is 0. The minimum Gasteiger partial charge on any atom is -0.300 e. The van der Waals surface area contributed by atoms with Gasteiger partial charge in [-0.3, -0.25) is 4.79 Å². The highest BCUT2D eigenvalue weighted by Gasteiger charge is 2.19. The Morgan fingerprint density at radius 1 is 1.27 bits per heavy atom. The molecule has 1 aliphatic heterocycles. The number of ketones is 1. The summed E-state index contributed by atoms with van der Waals surface area (Å²) in [6, 6.07) is 0. The number of nitrogens with zero attached hydrogens (tertiary/aromatic N) is 1. The van der Waals surface area contributed by atoms with Crippen molar-refractivity contribution in [3.05, 3.63) is 0 Å². The molecule has 0 bridgehead atoms. The van der Waals surface area contributed by atoms with E-state index in [0.29, 0.717) is 19.4 Å². The van der Waals surface area contributed by atoms with Gasteiger partial charge in [0.05, 0.1) is 0 Å². The second-order valence-electron chi connectivity index (χ2n) is 2.71. The molecule has 11 heavy (non-hydrogen) atoms. The van der Waals surface area contributed by atoms with E-state index in [1.807, 2.05) is 0 Å². The Morgan fingerprint density at radius 3 is 2.64 bits per heavy atom. The number of hydrogen-bond donors (Lipinski definition) is 0. The number of alkyl halides is 2. The van der Waals surface area contributed by atoms with Crippen molar-refractivity contribution in [2.45, 2.75) is 25.8 Å². The molecule has 0 saturated carbocycles. The number of carbonyl (C=O) groups excluding carboxylic acids is 1. The Kier molecular flexibility index (Phi) is 2.93. The SMILES string of the molecule is O=C1CCCN(C(F)F)CC1. The molecule has 0 radical (unpaired) electrons. The maximum atomic E-state index is 12.0. The zero-order chi connectivity index (χ0) is 8.27. The molecule has 2 nitrogen and oxygen atoms in total. The van der Waals surface area contributed by atoms with Crippen molar-refractivity contribution in [1.82, 2.24) is 4.90 Å². The second-order valence-corrected chi connectivity index (χ2v) is 2.71. The molecule has 0 N–H and O–H groups in total. The number of carbonyl (C=O) groups is 1. The first-order valence-electron chi connectivity index (χ1n) is 3.74. The van der Waals surface area contributed by atoms with Gasteiger partial charge in [-0.25, -0.2) is 4.90 Å². The molecule has 0 aromatic rings. The Bertz CT molecular complexity index is 149. The summed E-state index contributed by atoms with van der Waals surface area (Å²) in [5.74, 6) is 0.105. The molecule has 1 saturated heterocycles. The Hall–Kier alpha value is -0.510. The lowest BCUT2D eigenvalue weighted by Crippen LogP contribution is -2.29. The van der Waals surface area contributed by atoms with E-state index in [0.717, 1.165) is 4.90 Å².